The molecule has 1 saturated heterocycles. The van der Waals surface area contributed by atoms with Crippen molar-refractivity contribution in [3.63, 3.8) is 0 Å². The van der Waals surface area contributed by atoms with E-state index in [1.54, 1.807) is 0 Å². The van der Waals surface area contributed by atoms with E-state index in [0.29, 0.717) is 6.61 Å². The molecule has 0 aromatic carbocycles. The van der Waals surface area contributed by atoms with E-state index in [1.807, 2.05) is 6.92 Å². The predicted octanol–water partition coefficient (Wildman–Crippen LogP) is 1.36. The van der Waals surface area contributed by atoms with Gasteiger partial charge in [0.1, 0.15) is 6.04 Å². The second kappa shape index (κ2) is 7.67. The van der Waals surface area contributed by atoms with Gasteiger partial charge in [0.25, 0.3) is 0 Å². The average molecular weight is 242 g/mol. The first kappa shape index (κ1) is 14.5. The summed E-state index contributed by atoms with van der Waals surface area (Å²) in [6.07, 6.45) is 1.93. The van der Waals surface area contributed by atoms with E-state index in [2.05, 4.69) is 23.6 Å². The third-order valence-corrected chi connectivity index (χ3v) is 3.42. The van der Waals surface area contributed by atoms with Crippen molar-refractivity contribution in [1.82, 2.24) is 9.80 Å². The molecule has 1 aliphatic heterocycles. The monoisotopic (exact) mass is 242 g/mol. The fraction of sp³-hybridized carbons (Fsp3) is 0.923. The number of nitrogens with zero attached hydrogens (tertiary/aromatic N) is 2. The highest BCUT2D eigenvalue weighted by Gasteiger charge is 2.28. The Morgan fingerprint density at radius 2 is 1.82 bits per heavy atom. The zero-order chi connectivity index (χ0) is 12.7. The Hall–Kier alpha value is -0.610. The second-order valence-electron chi connectivity index (χ2n) is 4.53. The lowest BCUT2D eigenvalue weighted by Crippen LogP contribution is -2.52. The van der Waals surface area contributed by atoms with Gasteiger partial charge in [-0.1, -0.05) is 20.3 Å². The van der Waals surface area contributed by atoms with Crippen LogP contribution in [0.5, 0.6) is 0 Å². The van der Waals surface area contributed by atoms with Gasteiger partial charge in [-0.05, 0) is 19.9 Å². The molecular formula is C13H26N2O2. The lowest BCUT2D eigenvalue weighted by Gasteiger charge is -2.37. The zero-order valence-electron chi connectivity index (χ0n) is 11.4. The summed E-state index contributed by atoms with van der Waals surface area (Å²) in [7, 11) is 0. The number of esters is 1. The van der Waals surface area contributed by atoms with Crippen LogP contribution < -0.4 is 0 Å². The Labute approximate surface area is 105 Å². The van der Waals surface area contributed by atoms with Gasteiger partial charge in [0.05, 0.1) is 6.61 Å². The van der Waals surface area contributed by atoms with Crippen LogP contribution in [0, 0.1) is 0 Å². The van der Waals surface area contributed by atoms with Crippen molar-refractivity contribution >= 4 is 5.97 Å². The van der Waals surface area contributed by atoms with Crippen molar-refractivity contribution in [2.45, 2.75) is 39.7 Å². The first-order chi connectivity index (χ1) is 8.22. The van der Waals surface area contributed by atoms with E-state index < -0.39 is 0 Å². The van der Waals surface area contributed by atoms with Crippen LogP contribution in [-0.2, 0) is 9.53 Å². The van der Waals surface area contributed by atoms with Crippen LogP contribution in [-0.4, -0.2) is 61.1 Å². The van der Waals surface area contributed by atoms with Gasteiger partial charge in [-0.3, -0.25) is 9.69 Å². The Balaban J connectivity index is 2.50. The number of hydrogen-bond donors (Lipinski definition) is 0. The topological polar surface area (TPSA) is 32.8 Å². The van der Waals surface area contributed by atoms with Crippen LogP contribution in [0.4, 0.5) is 0 Å². The first-order valence-electron chi connectivity index (χ1n) is 6.85. The van der Waals surface area contributed by atoms with Crippen molar-refractivity contribution in [2.24, 2.45) is 0 Å². The molecule has 0 aromatic rings. The summed E-state index contributed by atoms with van der Waals surface area (Å²) in [6, 6.07) is -0.0287. The molecule has 1 atom stereocenters. The Kier molecular flexibility index (Phi) is 6.52. The standard InChI is InChI=1S/C13H26N2O2/c1-4-7-12(13(16)17-6-3)15-10-8-14(5-2)9-11-15/h12H,4-11H2,1-3H3/t12-/m0/s1. The highest BCUT2D eigenvalue weighted by molar-refractivity contribution is 5.75. The summed E-state index contributed by atoms with van der Waals surface area (Å²) in [4.78, 5) is 16.6. The van der Waals surface area contributed by atoms with Gasteiger partial charge in [0.2, 0.25) is 0 Å². The maximum atomic E-state index is 11.9. The molecule has 4 nitrogen and oxygen atoms in total. The molecule has 0 aliphatic carbocycles. The molecule has 100 valence electrons. The van der Waals surface area contributed by atoms with Crippen molar-refractivity contribution in [3.8, 4) is 0 Å². The summed E-state index contributed by atoms with van der Waals surface area (Å²) >= 11 is 0. The smallest absolute Gasteiger partial charge is 0.323 e. The number of piperazine rings is 1. The minimum atomic E-state index is -0.0423. The van der Waals surface area contributed by atoms with Crippen LogP contribution in [0.15, 0.2) is 0 Å². The van der Waals surface area contributed by atoms with Crippen molar-refractivity contribution in [2.75, 3.05) is 39.3 Å². The molecule has 0 unspecified atom stereocenters. The summed E-state index contributed by atoms with van der Waals surface area (Å²) in [6.45, 7) is 11.9. The van der Waals surface area contributed by atoms with Crippen molar-refractivity contribution < 1.29 is 9.53 Å². The maximum Gasteiger partial charge on any atom is 0.323 e. The number of carbonyl (C=O) groups is 1. The Morgan fingerprint density at radius 3 is 2.29 bits per heavy atom. The quantitative estimate of drug-likeness (QED) is 0.658. The summed E-state index contributed by atoms with van der Waals surface area (Å²) in [5.74, 6) is -0.0423. The molecule has 0 bridgehead atoms. The third kappa shape index (κ3) is 4.28. The molecule has 0 spiro atoms. The highest BCUT2D eigenvalue weighted by atomic mass is 16.5. The Bertz CT molecular complexity index is 225. The van der Waals surface area contributed by atoms with E-state index >= 15 is 0 Å². The number of likely N-dealkylation sites (N-methyl/N-ethyl adjacent to an activating group) is 1. The van der Waals surface area contributed by atoms with Gasteiger partial charge in [-0.15, -0.1) is 0 Å². The lowest BCUT2D eigenvalue weighted by atomic mass is 10.1. The fourth-order valence-electron chi connectivity index (χ4n) is 2.35. The third-order valence-electron chi connectivity index (χ3n) is 3.42. The SMILES string of the molecule is CCC[C@@H](C(=O)OCC)N1CCN(CC)CC1. The minimum absolute atomic E-state index is 0.0287. The van der Waals surface area contributed by atoms with Crippen molar-refractivity contribution in [1.29, 1.82) is 0 Å². The van der Waals surface area contributed by atoms with Crippen LogP contribution in [0.2, 0.25) is 0 Å². The molecule has 1 heterocycles. The molecule has 0 aromatic heterocycles. The van der Waals surface area contributed by atoms with Crippen LogP contribution >= 0.6 is 0 Å². The van der Waals surface area contributed by atoms with E-state index in [9.17, 15) is 4.79 Å². The second-order valence-corrected chi connectivity index (χ2v) is 4.53. The summed E-state index contributed by atoms with van der Waals surface area (Å²) < 4.78 is 5.17. The molecule has 0 N–H and O–H groups in total. The molecule has 0 saturated carbocycles. The average Bonchev–Trinajstić information content (AvgIpc) is 2.36. The highest BCUT2D eigenvalue weighted by Crippen LogP contribution is 2.12. The maximum absolute atomic E-state index is 11.9. The molecule has 1 rings (SSSR count). The zero-order valence-corrected chi connectivity index (χ0v) is 11.4. The van der Waals surface area contributed by atoms with Gasteiger partial charge in [-0.25, -0.2) is 0 Å². The van der Waals surface area contributed by atoms with Crippen molar-refractivity contribution in [3.05, 3.63) is 0 Å². The van der Waals surface area contributed by atoms with Gasteiger partial charge in [-0.2, -0.15) is 0 Å². The Morgan fingerprint density at radius 1 is 1.18 bits per heavy atom. The molecule has 4 heteroatoms. The van der Waals surface area contributed by atoms with Gasteiger partial charge in [0.15, 0.2) is 0 Å². The molecular weight excluding hydrogens is 216 g/mol. The minimum Gasteiger partial charge on any atom is -0.465 e. The summed E-state index contributed by atoms with van der Waals surface area (Å²) in [5.41, 5.74) is 0. The van der Waals surface area contributed by atoms with E-state index in [0.717, 1.165) is 45.6 Å². The summed E-state index contributed by atoms with van der Waals surface area (Å²) in [5, 5.41) is 0. The fourth-order valence-corrected chi connectivity index (χ4v) is 2.35. The number of hydrogen-bond acceptors (Lipinski definition) is 4. The van der Waals surface area contributed by atoms with Gasteiger partial charge in [0, 0.05) is 26.2 Å². The molecule has 1 aliphatic rings. The lowest BCUT2D eigenvalue weighted by molar-refractivity contribution is -0.150. The van der Waals surface area contributed by atoms with Gasteiger partial charge >= 0.3 is 5.97 Å². The molecule has 17 heavy (non-hydrogen) atoms. The number of carbonyl (C=O) groups excluding carboxylic acids is 1. The largest absolute Gasteiger partial charge is 0.465 e. The number of rotatable bonds is 6. The van der Waals surface area contributed by atoms with E-state index in [4.69, 9.17) is 4.74 Å². The van der Waals surface area contributed by atoms with Crippen LogP contribution in [0.25, 0.3) is 0 Å². The van der Waals surface area contributed by atoms with E-state index in [1.165, 1.54) is 0 Å². The van der Waals surface area contributed by atoms with Crippen LogP contribution in [0.1, 0.15) is 33.6 Å². The van der Waals surface area contributed by atoms with Gasteiger partial charge < -0.3 is 9.64 Å². The molecule has 0 radical (unpaired) electrons. The predicted molar refractivity (Wildman–Crippen MR) is 69.0 cm³/mol. The van der Waals surface area contributed by atoms with Crippen LogP contribution in [0.3, 0.4) is 0 Å². The molecule has 1 fully saturated rings. The first-order valence-corrected chi connectivity index (χ1v) is 6.85. The molecule has 0 amide bonds. The normalized spacial score (nSPS) is 20.2. The van der Waals surface area contributed by atoms with E-state index in [-0.39, 0.29) is 12.0 Å². The number of ether oxygens (including phenoxy) is 1.